The van der Waals surface area contributed by atoms with Gasteiger partial charge >= 0.3 is 0 Å². The minimum absolute atomic E-state index is 0.480. The van der Waals surface area contributed by atoms with Gasteiger partial charge in [-0.1, -0.05) is 12.8 Å². The summed E-state index contributed by atoms with van der Waals surface area (Å²) >= 11 is 7.07. The second-order valence-corrected chi connectivity index (χ2v) is 7.68. The van der Waals surface area contributed by atoms with Crippen LogP contribution >= 0.6 is 23.6 Å². The number of nitrogens with one attached hydrogen (secondary N) is 2. The van der Waals surface area contributed by atoms with E-state index in [1.165, 1.54) is 31.2 Å². The fourth-order valence-corrected chi connectivity index (χ4v) is 4.18. The van der Waals surface area contributed by atoms with Gasteiger partial charge in [0, 0.05) is 6.04 Å². The molecule has 0 spiro atoms. The van der Waals surface area contributed by atoms with Crippen LogP contribution in [0.3, 0.4) is 0 Å². The highest BCUT2D eigenvalue weighted by atomic mass is 32.1. The van der Waals surface area contributed by atoms with Crippen molar-refractivity contribution in [3.63, 3.8) is 0 Å². The topological polar surface area (TPSA) is 62.7 Å². The smallest absolute Gasteiger partial charge is 0.180 e. The van der Waals surface area contributed by atoms with Crippen LogP contribution < -0.4 is 10.6 Å². The molecule has 25 heavy (non-hydrogen) atoms. The Morgan fingerprint density at radius 3 is 2.84 bits per heavy atom. The molecule has 0 amide bonds. The third-order valence-corrected chi connectivity index (χ3v) is 5.61. The van der Waals surface area contributed by atoms with Gasteiger partial charge in [0.15, 0.2) is 10.8 Å². The van der Waals surface area contributed by atoms with Crippen LogP contribution in [0.15, 0.2) is 29.8 Å². The van der Waals surface area contributed by atoms with E-state index in [4.69, 9.17) is 12.2 Å². The molecule has 0 aromatic carbocycles. The molecule has 3 aromatic heterocycles. The van der Waals surface area contributed by atoms with Gasteiger partial charge in [0.2, 0.25) is 0 Å². The molecule has 2 N–H and O–H groups in total. The molecule has 7 heteroatoms. The molecule has 1 fully saturated rings. The van der Waals surface area contributed by atoms with E-state index in [0.717, 1.165) is 16.1 Å². The lowest BCUT2D eigenvalue weighted by Gasteiger charge is -2.15. The molecule has 1 aliphatic carbocycles. The molecule has 0 saturated heterocycles. The lowest BCUT2D eigenvalue weighted by molar-refractivity contribution is 0.634. The van der Waals surface area contributed by atoms with Gasteiger partial charge in [-0.05, 0) is 61.1 Å². The highest BCUT2D eigenvalue weighted by molar-refractivity contribution is 7.80. The van der Waals surface area contributed by atoms with E-state index in [1.54, 1.807) is 17.5 Å². The molecule has 3 heterocycles. The Hall–Kier alpha value is -2.12. The van der Waals surface area contributed by atoms with E-state index in [2.05, 4.69) is 44.0 Å². The number of rotatable bonds is 3. The lowest BCUT2D eigenvalue weighted by atomic mass is 10.3. The van der Waals surface area contributed by atoms with Crippen LogP contribution in [-0.4, -0.2) is 26.1 Å². The van der Waals surface area contributed by atoms with E-state index < -0.39 is 0 Å². The molecule has 1 aliphatic rings. The van der Waals surface area contributed by atoms with Crippen LogP contribution in [0.2, 0.25) is 0 Å². The molecule has 4 rings (SSSR count). The first-order chi connectivity index (χ1) is 12.2. The molecule has 3 aromatic rings. The van der Waals surface area contributed by atoms with Crippen molar-refractivity contribution < 1.29 is 0 Å². The minimum Gasteiger partial charge on any atom is -0.360 e. The maximum absolute atomic E-state index is 5.40. The fraction of sp³-hybridized carbons (Fsp3) is 0.333. The Bertz CT molecular complexity index is 915. The maximum atomic E-state index is 5.40. The molecule has 0 radical (unpaired) electrons. The van der Waals surface area contributed by atoms with Gasteiger partial charge in [-0.15, -0.1) is 11.3 Å². The van der Waals surface area contributed by atoms with E-state index >= 15 is 0 Å². The summed E-state index contributed by atoms with van der Waals surface area (Å²) in [6, 6.07) is 6.39. The average molecular weight is 370 g/mol. The zero-order valence-corrected chi connectivity index (χ0v) is 15.6. The van der Waals surface area contributed by atoms with Gasteiger partial charge in [-0.25, -0.2) is 9.97 Å². The zero-order chi connectivity index (χ0) is 17.2. The maximum Gasteiger partial charge on any atom is 0.180 e. The first-order valence-electron chi connectivity index (χ1n) is 8.44. The van der Waals surface area contributed by atoms with Crippen molar-refractivity contribution in [3.05, 3.63) is 35.3 Å². The normalized spacial score (nSPS) is 14.8. The van der Waals surface area contributed by atoms with Crippen molar-refractivity contribution in [1.82, 2.24) is 20.3 Å². The Labute approximate surface area is 155 Å². The number of fused-ring (bicyclic) bond motifs is 1. The Morgan fingerprint density at radius 2 is 2.08 bits per heavy atom. The number of pyridine rings is 1. The van der Waals surface area contributed by atoms with E-state index in [9.17, 15) is 0 Å². The number of anilines is 1. The predicted octanol–water partition coefficient (Wildman–Crippen LogP) is 4.29. The summed E-state index contributed by atoms with van der Waals surface area (Å²) < 4.78 is 0. The molecule has 0 aliphatic heterocycles. The molecule has 1 saturated carbocycles. The van der Waals surface area contributed by atoms with Crippen LogP contribution in [0.4, 0.5) is 5.82 Å². The van der Waals surface area contributed by atoms with Gasteiger partial charge in [0.05, 0.1) is 11.1 Å². The number of hydrogen-bond donors (Lipinski definition) is 2. The van der Waals surface area contributed by atoms with E-state index in [-0.39, 0.29) is 0 Å². The lowest BCUT2D eigenvalue weighted by Crippen LogP contribution is -2.36. The van der Waals surface area contributed by atoms with E-state index in [0.29, 0.717) is 22.6 Å². The average Bonchev–Trinajstić information content (AvgIpc) is 3.26. The van der Waals surface area contributed by atoms with Crippen LogP contribution in [0.5, 0.6) is 0 Å². The summed E-state index contributed by atoms with van der Waals surface area (Å²) in [5.41, 5.74) is 3.48. The van der Waals surface area contributed by atoms with Crippen LogP contribution in [-0.2, 0) is 0 Å². The van der Waals surface area contributed by atoms with Crippen LogP contribution in [0.1, 0.15) is 31.2 Å². The second-order valence-electron chi connectivity index (χ2n) is 6.36. The quantitative estimate of drug-likeness (QED) is 0.672. The first-order valence-corrected chi connectivity index (χ1v) is 9.73. The second kappa shape index (κ2) is 7.01. The highest BCUT2D eigenvalue weighted by Gasteiger charge is 2.15. The monoisotopic (exact) mass is 369 g/mol. The minimum atomic E-state index is 0.480. The Morgan fingerprint density at radius 1 is 1.24 bits per heavy atom. The van der Waals surface area contributed by atoms with Gasteiger partial charge < -0.3 is 10.6 Å². The van der Waals surface area contributed by atoms with Crippen LogP contribution in [0, 0.1) is 6.92 Å². The SMILES string of the molecule is Cc1csc(-c2cnc3ccc(NC(=S)NC4CCCC4)nc3n2)c1. The predicted molar refractivity (Wildman–Crippen MR) is 107 cm³/mol. The van der Waals surface area contributed by atoms with Gasteiger partial charge in [0.1, 0.15) is 17.0 Å². The molecule has 0 unspecified atom stereocenters. The van der Waals surface area contributed by atoms with E-state index in [1.807, 2.05) is 12.1 Å². The summed E-state index contributed by atoms with van der Waals surface area (Å²) in [5.74, 6) is 0.691. The van der Waals surface area contributed by atoms with Crippen molar-refractivity contribution in [2.45, 2.75) is 38.6 Å². The molecule has 128 valence electrons. The van der Waals surface area contributed by atoms with Gasteiger partial charge in [-0.2, -0.15) is 0 Å². The summed E-state index contributed by atoms with van der Waals surface area (Å²) in [7, 11) is 0. The molecule has 0 bridgehead atoms. The van der Waals surface area contributed by atoms with Crippen molar-refractivity contribution in [2.24, 2.45) is 0 Å². The van der Waals surface area contributed by atoms with Crippen molar-refractivity contribution in [2.75, 3.05) is 5.32 Å². The van der Waals surface area contributed by atoms with Crippen molar-refractivity contribution in [3.8, 4) is 10.6 Å². The van der Waals surface area contributed by atoms with Crippen molar-refractivity contribution >= 4 is 45.6 Å². The Kier molecular flexibility index (Phi) is 4.59. The third kappa shape index (κ3) is 3.77. The van der Waals surface area contributed by atoms with Crippen molar-refractivity contribution in [1.29, 1.82) is 0 Å². The Balaban J connectivity index is 1.54. The molecular formula is C18H19N5S2. The van der Waals surface area contributed by atoms with Gasteiger partial charge in [0.25, 0.3) is 0 Å². The summed E-state index contributed by atoms with van der Waals surface area (Å²) in [6.45, 7) is 2.08. The zero-order valence-electron chi connectivity index (χ0n) is 14.0. The highest BCUT2D eigenvalue weighted by Crippen LogP contribution is 2.26. The largest absolute Gasteiger partial charge is 0.360 e. The molecule has 0 atom stereocenters. The number of aromatic nitrogens is 3. The molecule has 5 nitrogen and oxygen atoms in total. The fourth-order valence-electron chi connectivity index (χ4n) is 3.06. The summed E-state index contributed by atoms with van der Waals surface area (Å²) in [5, 5.41) is 9.26. The number of aryl methyl sites for hydroxylation is 1. The number of hydrogen-bond acceptors (Lipinski definition) is 5. The molecular weight excluding hydrogens is 350 g/mol. The first kappa shape index (κ1) is 16.4. The van der Waals surface area contributed by atoms with Crippen LogP contribution in [0.25, 0.3) is 21.7 Å². The summed E-state index contributed by atoms with van der Waals surface area (Å²) in [4.78, 5) is 14.8. The summed E-state index contributed by atoms with van der Waals surface area (Å²) in [6.07, 6.45) is 6.71. The number of nitrogens with zero attached hydrogens (tertiary/aromatic N) is 3. The number of thiocarbonyl (C=S) groups is 1. The third-order valence-electron chi connectivity index (χ3n) is 4.32. The number of thiophene rings is 1. The standard InChI is InChI=1S/C18H19N5S2/c1-11-8-15(25-10-11)14-9-19-13-6-7-16(22-17(13)21-14)23-18(24)20-12-4-2-3-5-12/h6-10,12H,2-5H2,1H3,(H2,20,21,22,23,24). The van der Waals surface area contributed by atoms with Gasteiger partial charge in [-0.3, -0.25) is 4.98 Å².